The zero-order valence-corrected chi connectivity index (χ0v) is 12.4. The van der Waals surface area contributed by atoms with E-state index in [0.29, 0.717) is 23.8 Å². The second kappa shape index (κ2) is 7.28. The molecule has 0 aromatic heterocycles. The highest BCUT2D eigenvalue weighted by Gasteiger charge is 2.33. The zero-order chi connectivity index (χ0) is 13.7. The minimum absolute atomic E-state index is 0.292. The largest absolute Gasteiger partial charge is 0.339 e. The first-order chi connectivity index (χ1) is 9.26. The number of carbonyl (C=O) groups excluding carboxylic acids is 1. The number of carbonyl (C=O) groups is 1. The van der Waals surface area contributed by atoms with Crippen molar-refractivity contribution in [2.45, 2.75) is 70.8 Å². The van der Waals surface area contributed by atoms with Crippen LogP contribution in [0.1, 0.15) is 64.7 Å². The molecular weight excluding hydrogens is 236 g/mol. The molecule has 1 aliphatic carbocycles. The van der Waals surface area contributed by atoms with E-state index in [2.05, 4.69) is 11.8 Å². The van der Waals surface area contributed by atoms with Crippen molar-refractivity contribution in [1.82, 2.24) is 4.90 Å². The highest BCUT2D eigenvalue weighted by atomic mass is 16.2. The highest BCUT2D eigenvalue weighted by Crippen LogP contribution is 2.31. The number of piperidine rings is 1. The van der Waals surface area contributed by atoms with Gasteiger partial charge in [0.2, 0.25) is 5.91 Å². The fraction of sp³-hybridized carbons (Fsp3) is 0.938. The average Bonchev–Trinajstić information content (AvgIpc) is 2.47. The van der Waals surface area contributed by atoms with E-state index >= 15 is 0 Å². The Bertz CT molecular complexity index is 282. The Morgan fingerprint density at radius 3 is 2.53 bits per heavy atom. The van der Waals surface area contributed by atoms with E-state index < -0.39 is 0 Å². The molecule has 0 bridgehead atoms. The van der Waals surface area contributed by atoms with Gasteiger partial charge in [0.25, 0.3) is 0 Å². The molecular formula is C16H30N2O. The van der Waals surface area contributed by atoms with Crippen LogP contribution in [0.5, 0.6) is 0 Å². The van der Waals surface area contributed by atoms with Gasteiger partial charge in [-0.1, -0.05) is 13.3 Å². The molecule has 2 aliphatic rings. The monoisotopic (exact) mass is 266 g/mol. The van der Waals surface area contributed by atoms with Gasteiger partial charge in [-0.15, -0.1) is 0 Å². The standard InChI is InChI=1S/C16H30N2O/c1-2-5-15-6-3-4-11-18(15)16(19)14-9-7-13(12-17)8-10-14/h13-15H,2-12,17H2,1H3. The number of rotatable bonds is 4. The van der Waals surface area contributed by atoms with E-state index in [-0.39, 0.29) is 0 Å². The smallest absolute Gasteiger partial charge is 0.225 e. The molecule has 2 rings (SSSR count). The number of likely N-dealkylation sites (tertiary alicyclic amines) is 1. The lowest BCUT2D eigenvalue weighted by Gasteiger charge is -2.39. The van der Waals surface area contributed by atoms with Gasteiger partial charge in [-0.25, -0.2) is 0 Å². The maximum Gasteiger partial charge on any atom is 0.225 e. The topological polar surface area (TPSA) is 46.3 Å². The predicted molar refractivity (Wildman–Crippen MR) is 78.8 cm³/mol. The molecule has 2 N–H and O–H groups in total. The number of amides is 1. The van der Waals surface area contributed by atoms with Crippen LogP contribution in [0.15, 0.2) is 0 Å². The van der Waals surface area contributed by atoms with Crippen LogP contribution in [-0.4, -0.2) is 29.9 Å². The summed E-state index contributed by atoms with van der Waals surface area (Å²) >= 11 is 0. The van der Waals surface area contributed by atoms with Crippen LogP contribution < -0.4 is 5.73 Å². The molecule has 1 aliphatic heterocycles. The van der Waals surface area contributed by atoms with E-state index in [1.807, 2.05) is 0 Å². The van der Waals surface area contributed by atoms with Gasteiger partial charge in [0.1, 0.15) is 0 Å². The van der Waals surface area contributed by atoms with Crippen LogP contribution in [-0.2, 0) is 4.79 Å². The fourth-order valence-electron chi connectivity index (χ4n) is 3.80. The maximum atomic E-state index is 12.7. The van der Waals surface area contributed by atoms with Crippen molar-refractivity contribution in [3.63, 3.8) is 0 Å². The van der Waals surface area contributed by atoms with Gasteiger partial charge in [0.15, 0.2) is 0 Å². The van der Waals surface area contributed by atoms with Gasteiger partial charge in [-0.3, -0.25) is 4.79 Å². The first-order valence-corrected chi connectivity index (χ1v) is 8.26. The van der Waals surface area contributed by atoms with Crippen LogP contribution in [0, 0.1) is 11.8 Å². The molecule has 1 heterocycles. The van der Waals surface area contributed by atoms with Gasteiger partial charge in [0.05, 0.1) is 0 Å². The predicted octanol–water partition coefficient (Wildman–Crippen LogP) is 2.93. The van der Waals surface area contributed by atoms with Gasteiger partial charge in [0, 0.05) is 18.5 Å². The van der Waals surface area contributed by atoms with E-state index in [1.54, 1.807) is 0 Å². The minimum atomic E-state index is 0.292. The third-order valence-corrected chi connectivity index (χ3v) is 5.06. The van der Waals surface area contributed by atoms with Crippen LogP contribution in [0.25, 0.3) is 0 Å². The molecule has 0 aromatic rings. The second-order valence-electron chi connectivity index (χ2n) is 6.42. The van der Waals surface area contributed by atoms with Gasteiger partial charge in [-0.05, 0) is 63.8 Å². The lowest BCUT2D eigenvalue weighted by Crippen LogP contribution is -2.47. The van der Waals surface area contributed by atoms with Crippen molar-refractivity contribution in [2.24, 2.45) is 17.6 Å². The molecule has 1 amide bonds. The number of nitrogens with two attached hydrogens (primary N) is 1. The Labute approximate surface area is 117 Å². The van der Waals surface area contributed by atoms with Crippen molar-refractivity contribution >= 4 is 5.91 Å². The van der Waals surface area contributed by atoms with Crippen molar-refractivity contribution < 1.29 is 4.79 Å². The summed E-state index contributed by atoms with van der Waals surface area (Å²) in [5.41, 5.74) is 5.73. The summed E-state index contributed by atoms with van der Waals surface area (Å²) in [7, 11) is 0. The molecule has 19 heavy (non-hydrogen) atoms. The Morgan fingerprint density at radius 2 is 1.89 bits per heavy atom. The summed E-state index contributed by atoms with van der Waals surface area (Å²) in [5, 5.41) is 0. The maximum absolute atomic E-state index is 12.7. The normalized spacial score (nSPS) is 32.3. The third-order valence-electron chi connectivity index (χ3n) is 5.06. The summed E-state index contributed by atoms with van der Waals surface area (Å²) in [5.74, 6) is 1.41. The van der Waals surface area contributed by atoms with Crippen LogP contribution in [0.2, 0.25) is 0 Å². The summed E-state index contributed by atoms with van der Waals surface area (Å²) in [6.07, 6.45) is 10.5. The van der Waals surface area contributed by atoms with Crippen molar-refractivity contribution in [3.8, 4) is 0 Å². The van der Waals surface area contributed by atoms with Crippen LogP contribution >= 0.6 is 0 Å². The minimum Gasteiger partial charge on any atom is -0.339 e. The molecule has 0 radical (unpaired) electrons. The van der Waals surface area contributed by atoms with Crippen molar-refractivity contribution in [1.29, 1.82) is 0 Å². The van der Waals surface area contributed by atoms with E-state index in [4.69, 9.17) is 5.73 Å². The van der Waals surface area contributed by atoms with E-state index in [1.165, 1.54) is 32.1 Å². The summed E-state index contributed by atoms with van der Waals surface area (Å²) < 4.78 is 0. The Morgan fingerprint density at radius 1 is 1.16 bits per heavy atom. The number of hydrogen-bond acceptors (Lipinski definition) is 2. The molecule has 1 saturated heterocycles. The molecule has 1 atom stereocenters. The second-order valence-corrected chi connectivity index (χ2v) is 6.42. The van der Waals surface area contributed by atoms with Gasteiger partial charge < -0.3 is 10.6 Å². The first-order valence-electron chi connectivity index (χ1n) is 8.26. The summed E-state index contributed by atoms with van der Waals surface area (Å²) in [6.45, 7) is 4.02. The fourth-order valence-corrected chi connectivity index (χ4v) is 3.80. The summed E-state index contributed by atoms with van der Waals surface area (Å²) in [4.78, 5) is 15.0. The first kappa shape index (κ1) is 14.8. The molecule has 110 valence electrons. The number of hydrogen-bond donors (Lipinski definition) is 1. The lowest BCUT2D eigenvalue weighted by molar-refractivity contribution is -0.140. The van der Waals surface area contributed by atoms with Crippen LogP contribution in [0.3, 0.4) is 0 Å². The van der Waals surface area contributed by atoms with Crippen molar-refractivity contribution in [2.75, 3.05) is 13.1 Å². The molecule has 3 heteroatoms. The lowest BCUT2D eigenvalue weighted by atomic mass is 9.81. The van der Waals surface area contributed by atoms with Crippen LogP contribution in [0.4, 0.5) is 0 Å². The molecule has 0 spiro atoms. The highest BCUT2D eigenvalue weighted by molar-refractivity contribution is 5.79. The third kappa shape index (κ3) is 3.71. The molecule has 0 aromatic carbocycles. The molecule has 2 fully saturated rings. The zero-order valence-electron chi connectivity index (χ0n) is 12.4. The summed E-state index contributed by atoms with van der Waals surface area (Å²) in [6, 6.07) is 0.526. The Balaban J connectivity index is 1.90. The van der Waals surface area contributed by atoms with Crippen molar-refractivity contribution in [3.05, 3.63) is 0 Å². The Kier molecular flexibility index (Phi) is 5.68. The van der Waals surface area contributed by atoms with Gasteiger partial charge in [-0.2, -0.15) is 0 Å². The molecule has 1 saturated carbocycles. The Hall–Kier alpha value is -0.570. The average molecular weight is 266 g/mol. The van der Waals surface area contributed by atoms with E-state index in [9.17, 15) is 4.79 Å². The molecule has 1 unspecified atom stereocenters. The number of nitrogens with zero attached hydrogens (tertiary/aromatic N) is 1. The van der Waals surface area contributed by atoms with Gasteiger partial charge >= 0.3 is 0 Å². The SMILES string of the molecule is CCCC1CCCCN1C(=O)C1CCC(CN)CC1. The molecule has 3 nitrogen and oxygen atoms in total. The van der Waals surface area contributed by atoms with E-state index in [0.717, 1.165) is 38.8 Å². The quantitative estimate of drug-likeness (QED) is 0.850.